The molecule has 0 atom stereocenters. The van der Waals surface area contributed by atoms with Crippen molar-refractivity contribution in [1.29, 1.82) is 0 Å². The largest absolute Gasteiger partial charge is 0.256 e. The molecule has 0 N–H and O–H groups in total. The Morgan fingerprint density at radius 1 is 0.762 bits per heavy atom. The molecular formula is C18H15N2P. The van der Waals surface area contributed by atoms with E-state index < -0.39 is 7.92 Å². The van der Waals surface area contributed by atoms with Gasteiger partial charge in [0.15, 0.2) is 0 Å². The van der Waals surface area contributed by atoms with E-state index in [2.05, 4.69) is 52.9 Å². The molecule has 102 valence electrons. The van der Waals surface area contributed by atoms with Crippen LogP contribution in [0.25, 0.3) is 6.08 Å². The summed E-state index contributed by atoms with van der Waals surface area (Å²) in [6.45, 7) is 3.80. The summed E-state index contributed by atoms with van der Waals surface area (Å²) in [5, 5.41) is 1.24. The minimum atomic E-state index is -0.720. The quantitative estimate of drug-likeness (QED) is 0.691. The maximum absolute atomic E-state index is 4.54. The smallest absolute Gasteiger partial charge is 0.0737 e. The van der Waals surface area contributed by atoms with Gasteiger partial charge in [0.1, 0.15) is 0 Å². The second-order valence-corrected chi connectivity index (χ2v) is 6.61. The monoisotopic (exact) mass is 290 g/mol. The Morgan fingerprint density at radius 2 is 1.33 bits per heavy atom. The van der Waals surface area contributed by atoms with Crippen molar-refractivity contribution in [1.82, 2.24) is 9.97 Å². The van der Waals surface area contributed by atoms with E-state index in [1.165, 1.54) is 5.30 Å². The summed E-state index contributed by atoms with van der Waals surface area (Å²) in [5.41, 5.74) is 3.26. The maximum Gasteiger partial charge on any atom is 0.0737 e. The van der Waals surface area contributed by atoms with Crippen LogP contribution in [0.1, 0.15) is 5.56 Å². The van der Waals surface area contributed by atoms with Gasteiger partial charge in [-0.1, -0.05) is 49.1 Å². The SMILES string of the molecule is C=Cc1ccc(P(c2ccccn2)c2ccccn2)cc1. The number of rotatable bonds is 4. The van der Waals surface area contributed by atoms with Crippen molar-refractivity contribution in [3.05, 3.63) is 85.2 Å². The molecule has 0 spiro atoms. The highest BCUT2D eigenvalue weighted by Crippen LogP contribution is 2.30. The van der Waals surface area contributed by atoms with Crippen LogP contribution >= 0.6 is 7.92 Å². The summed E-state index contributed by atoms with van der Waals surface area (Å²) in [6, 6.07) is 20.5. The van der Waals surface area contributed by atoms with Crippen LogP contribution in [0.2, 0.25) is 0 Å². The number of aromatic nitrogens is 2. The van der Waals surface area contributed by atoms with Gasteiger partial charge >= 0.3 is 0 Å². The van der Waals surface area contributed by atoms with Crippen LogP contribution in [-0.4, -0.2) is 9.97 Å². The van der Waals surface area contributed by atoms with Crippen LogP contribution in [0, 0.1) is 0 Å². The van der Waals surface area contributed by atoms with E-state index >= 15 is 0 Å². The highest BCUT2D eigenvalue weighted by Gasteiger charge is 2.18. The Balaban J connectivity index is 2.09. The molecule has 0 aliphatic carbocycles. The van der Waals surface area contributed by atoms with Crippen LogP contribution in [0.15, 0.2) is 79.6 Å². The average Bonchev–Trinajstić information content (AvgIpc) is 2.58. The van der Waals surface area contributed by atoms with E-state index in [1.807, 2.05) is 42.7 Å². The molecule has 0 fully saturated rings. The second-order valence-electron chi connectivity index (χ2n) is 4.51. The molecule has 0 bridgehead atoms. The zero-order valence-electron chi connectivity index (χ0n) is 11.6. The normalized spacial score (nSPS) is 10.5. The maximum atomic E-state index is 4.54. The summed E-state index contributed by atoms with van der Waals surface area (Å²) in [4.78, 5) is 9.09. The molecule has 0 radical (unpaired) electrons. The van der Waals surface area contributed by atoms with Crippen molar-refractivity contribution in [2.75, 3.05) is 0 Å². The summed E-state index contributed by atoms with van der Waals surface area (Å²) in [7, 11) is -0.720. The van der Waals surface area contributed by atoms with E-state index in [0.29, 0.717) is 0 Å². The second kappa shape index (κ2) is 6.43. The predicted octanol–water partition coefficient (Wildman–Crippen LogP) is 2.88. The van der Waals surface area contributed by atoms with Crippen LogP contribution in [-0.2, 0) is 0 Å². The number of hydrogen-bond donors (Lipinski definition) is 0. The minimum Gasteiger partial charge on any atom is -0.256 e. The first-order valence-corrected chi connectivity index (χ1v) is 8.07. The van der Waals surface area contributed by atoms with Crippen LogP contribution < -0.4 is 16.2 Å². The van der Waals surface area contributed by atoms with E-state index in [1.54, 1.807) is 0 Å². The van der Waals surface area contributed by atoms with Crippen LogP contribution in [0.5, 0.6) is 0 Å². The Hall–Kier alpha value is -2.31. The van der Waals surface area contributed by atoms with Crippen molar-refractivity contribution < 1.29 is 0 Å². The lowest BCUT2D eigenvalue weighted by Crippen LogP contribution is -2.24. The molecule has 0 aliphatic rings. The lowest BCUT2D eigenvalue weighted by atomic mass is 10.2. The number of benzene rings is 1. The third kappa shape index (κ3) is 3.07. The number of pyridine rings is 2. The predicted molar refractivity (Wildman–Crippen MR) is 90.8 cm³/mol. The molecule has 0 amide bonds. The fourth-order valence-corrected chi connectivity index (χ4v) is 4.16. The summed E-state index contributed by atoms with van der Waals surface area (Å²) in [6.07, 6.45) is 5.53. The minimum absolute atomic E-state index is 0.720. The topological polar surface area (TPSA) is 25.8 Å². The molecule has 3 heteroatoms. The molecule has 21 heavy (non-hydrogen) atoms. The van der Waals surface area contributed by atoms with Crippen molar-refractivity contribution in [2.24, 2.45) is 0 Å². The van der Waals surface area contributed by atoms with E-state index in [9.17, 15) is 0 Å². The third-order valence-electron chi connectivity index (χ3n) is 3.14. The van der Waals surface area contributed by atoms with Crippen LogP contribution in [0.3, 0.4) is 0 Å². The lowest BCUT2D eigenvalue weighted by molar-refractivity contribution is 1.37. The third-order valence-corrected chi connectivity index (χ3v) is 5.40. The number of hydrogen-bond acceptors (Lipinski definition) is 2. The van der Waals surface area contributed by atoms with Crippen LogP contribution in [0.4, 0.5) is 0 Å². The van der Waals surface area contributed by atoms with Gasteiger partial charge in [0.25, 0.3) is 0 Å². The van der Waals surface area contributed by atoms with Crippen molar-refractivity contribution >= 4 is 30.2 Å². The average molecular weight is 290 g/mol. The Labute approximate surface area is 126 Å². The summed E-state index contributed by atoms with van der Waals surface area (Å²) in [5.74, 6) is 0. The van der Waals surface area contributed by atoms with Gasteiger partial charge in [-0.05, 0) is 35.1 Å². The van der Waals surface area contributed by atoms with Gasteiger partial charge in [-0.15, -0.1) is 0 Å². The van der Waals surface area contributed by atoms with Gasteiger partial charge < -0.3 is 0 Å². The molecule has 3 aromatic rings. The molecule has 0 aliphatic heterocycles. The van der Waals surface area contributed by atoms with Gasteiger partial charge in [0.05, 0.1) is 10.9 Å². The van der Waals surface area contributed by atoms with Gasteiger partial charge in [-0.2, -0.15) is 0 Å². The molecule has 2 aromatic heterocycles. The van der Waals surface area contributed by atoms with Crippen molar-refractivity contribution in [2.45, 2.75) is 0 Å². The Bertz CT molecular complexity index is 670. The van der Waals surface area contributed by atoms with Gasteiger partial charge in [-0.3, -0.25) is 9.97 Å². The zero-order chi connectivity index (χ0) is 14.5. The summed E-state index contributed by atoms with van der Waals surface area (Å²) < 4.78 is 0. The van der Waals surface area contributed by atoms with Gasteiger partial charge in [0.2, 0.25) is 0 Å². The molecule has 2 nitrogen and oxygen atoms in total. The highest BCUT2D eigenvalue weighted by molar-refractivity contribution is 7.79. The van der Waals surface area contributed by atoms with Gasteiger partial charge in [0, 0.05) is 20.3 Å². The molecule has 3 rings (SSSR count). The molecule has 0 unspecified atom stereocenters. The van der Waals surface area contributed by atoms with E-state index in [-0.39, 0.29) is 0 Å². The number of nitrogens with zero attached hydrogens (tertiary/aromatic N) is 2. The fraction of sp³-hybridized carbons (Fsp3) is 0. The van der Waals surface area contributed by atoms with Crippen molar-refractivity contribution in [3.63, 3.8) is 0 Å². The first-order chi connectivity index (χ1) is 10.4. The Kier molecular flexibility index (Phi) is 4.18. The fourth-order valence-electron chi connectivity index (χ4n) is 2.11. The molecule has 0 saturated carbocycles. The standard InChI is InChI=1S/C18H15N2P/c1-2-15-9-11-16(12-10-15)21(17-7-3-5-13-19-17)18-8-4-6-14-20-18/h2-14H,1H2. The molecule has 2 heterocycles. The molecular weight excluding hydrogens is 275 g/mol. The van der Waals surface area contributed by atoms with Gasteiger partial charge in [-0.25, -0.2) is 0 Å². The summed E-state index contributed by atoms with van der Waals surface area (Å²) >= 11 is 0. The highest BCUT2D eigenvalue weighted by atomic mass is 31.1. The van der Waals surface area contributed by atoms with E-state index in [4.69, 9.17) is 0 Å². The molecule has 1 aromatic carbocycles. The Morgan fingerprint density at radius 3 is 1.76 bits per heavy atom. The zero-order valence-corrected chi connectivity index (χ0v) is 12.4. The molecule has 0 saturated heterocycles. The first-order valence-electron chi connectivity index (χ1n) is 6.73. The lowest BCUT2D eigenvalue weighted by Gasteiger charge is -2.17. The van der Waals surface area contributed by atoms with E-state index in [0.717, 1.165) is 16.4 Å². The van der Waals surface area contributed by atoms with Crippen molar-refractivity contribution in [3.8, 4) is 0 Å². The first kappa shape index (κ1) is 13.7.